The first-order valence-electron chi connectivity index (χ1n) is 9.16. The van der Waals surface area contributed by atoms with E-state index in [0.717, 1.165) is 35.1 Å². The molecule has 0 saturated carbocycles. The lowest BCUT2D eigenvalue weighted by Crippen LogP contribution is -2.36. The fourth-order valence-corrected chi connectivity index (χ4v) is 5.15. The van der Waals surface area contributed by atoms with E-state index in [0.29, 0.717) is 19.6 Å². The number of thioether (sulfide) groups is 1. The van der Waals surface area contributed by atoms with Crippen molar-refractivity contribution in [1.29, 1.82) is 0 Å². The molecule has 0 aromatic heterocycles. The van der Waals surface area contributed by atoms with Gasteiger partial charge in [-0.1, -0.05) is 11.8 Å². The second-order valence-electron chi connectivity index (χ2n) is 6.82. The highest BCUT2D eigenvalue weighted by atomic mass is 32.2. The van der Waals surface area contributed by atoms with Crippen molar-refractivity contribution in [2.45, 2.75) is 30.6 Å². The van der Waals surface area contributed by atoms with E-state index >= 15 is 0 Å². The predicted molar refractivity (Wildman–Crippen MR) is 103 cm³/mol. The van der Waals surface area contributed by atoms with Gasteiger partial charge in [0.1, 0.15) is 16.7 Å². The Bertz CT molecular complexity index is 797. The number of rotatable bonds is 5. The number of amidine groups is 1. The van der Waals surface area contributed by atoms with E-state index in [4.69, 9.17) is 9.47 Å². The first-order chi connectivity index (χ1) is 13.1. The zero-order chi connectivity index (χ0) is 19.0. The van der Waals surface area contributed by atoms with Crippen LogP contribution in [-0.2, 0) is 9.59 Å². The number of methoxy groups -OCH3 is 2. The molecule has 0 bridgehead atoms. The van der Waals surface area contributed by atoms with Crippen LogP contribution in [0.15, 0.2) is 23.2 Å². The highest BCUT2D eigenvalue weighted by molar-refractivity contribution is 8.15. The summed E-state index contributed by atoms with van der Waals surface area (Å²) in [7, 11) is 3.24. The molecule has 3 aliphatic rings. The van der Waals surface area contributed by atoms with Crippen LogP contribution in [0.2, 0.25) is 0 Å². The minimum absolute atomic E-state index is 0.0161. The van der Waals surface area contributed by atoms with E-state index in [1.165, 1.54) is 11.8 Å². The fraction of sp³-hybridized carbons (Fsp3) is 0.526. The number of carbonyl (C=O) groups excluding carboxylic acids is 2. The normalized spacial score (nSPS) is 24.2. The Kier molecular flexibility index (Phi) is 4.99. The van der Waals surface area contributed by atoms with Crippen LogP contribution in [0.25, 0.3) is 0 Å². The molecule has 8 heteroatoms. The zero-order valence-corrected chi connectivity index (χ0v) is 16.3. The van der Waals surface area contributed by atoms with E-state index in [2.05, 4.69) is 4.99 Å². The fourth-order valence-electron chi connectivity index (χ4n) is 3.97. The van der Waals surface area contributed by atoms with Crippen molar-refractivity contribution < 1.29 is 19.1 Å². The molecule has 4 rings (SSSR count). The van der Waals surface area contributed by atoms with Crippen LogP contribution in [0.4, 0.5) is 0 Å². The van der Waals surface area contributed by atoms with Gasteiger partial charge in [0.2, 0.25) is 11.8 Å². The molecule has 0 unspecified atom stereocenters. The van der Waals surface area contributed by atoms with Gasteiger partial charge in [0, 0.05) is 31.1 Å². The molecule has 27 heavy (non-hydrogen) atoms. The number of aliphatic imine (C=N–C) groups is 1. The van der Waals surface area contributed by atoms with Crippen LogP contribution in [0, 0.1) is 0 Å². The van der Waals surface area contributed by atoms with Gasteiger partial charge in [0.25, 0.3) is 0 Å². The summed E-state index contributed by atoms with van der Waals surface area (Å²) in [5, 5.41) is 0.420. The average Bonchev–Trinajstić information content (AvgIpc) is 3.40. The Balaban J connectivity index is 1.50. The standard InChI is InChI=1S/C19H23N3O4S/c1-25-12-5-6-13(15(10-12)26-2)14-4-3-8-21(14)17(23)11-16-18(24)22-9-7-20-19(22)27-16/h5-6,10,14,16H,3-4,7-9,11H2,1-2H3/t14-,16-/m0/s1. The number of likely N-dealkylation sites (tertiary alicyclic amines) is 1. The maximum Gasteiger partial charge on any atom is 0.242 e. The van der Waals surface area contributed by atoms with Crippen LogP contribution >= 0.6 is 11.8 Å². The van der Waals surface area contributed by atoms with Gasteiger partial charge in [-0.25, -0.2) is 0 Å². The molecule has 2 fully saturated rings. The Morgan fingerprint density at radius 1 is 1.30 bits per heavy atom. The molecule has 2 saturated heterocycles. The molecule has 2 atom stereocenters. The second-order valence-corrected chi connectivity index (χ2v) is 7.99. The van der Waals surface area contributed by atoms with Crippen molar-refractivity contribution in [3.63, 3.8) is 0 Å². The van der Waals surface area contributed by atoms with Crippen molar-refractivity contribution in [2.24, 2.45) is 4.99 Å². The zero-order valence-electron chi connectivity index (χ0n) is 15.5. The first-order valence-corrected chi connectivity index (χ1v) is 10.0. The molecule has 2 amide bonds. The summed E-state index contributed by atoms with van der Waals surface area (Å²) in [6.45, 7) is 2.01. The van der Waals surface area contributed by atoms with Gasteiger partial charge in [-0.3, -0.25) is 19.5 Å². The minimum atomic E-state index is -0.351. The predicted octanol–water partition coefficient (Wildman–Crippen LogP) is 2.07. The highest BCUT2D eigenvalue weighted by Crippen LogP contribution is 2.40. The topological polar surface area (TPSA) is 71.4 Å². The van der Waals surface area contributed by atoms with E-state index < -0.39 is 0 Å². The molecule has 1 aromatic rings. The molecular weight excluding hydrogens is 366 g/mol. The molecule has 7 nitrogen and oxygen atoms in total. The van der Waals surface area contributed by atoms with Gasteiger partial charge in [0.05, 0.1) is 26.8 Å². The molecule has 0 spiro atoms. The number of ether oxygens (including phenoxy) is 2. The number of fused-ring (bicyclic) bond motifs is 1. The second kappa shape index (κ2) is 7.42. The van der Waals surface area contributed by atoms with Crippen LogP contribution < -0.4 is 9.47 Å². The molecule has 144 valence electrons. The van der Waals surface area contributed by atoms with Crippen LogP contribution in [0.1, 0.15) is 30.9 Å². The molecular formula is C19H23N3O4S. The molecule has 3 aliphatic heterocycles. The molecule has 0 N–H and O–H groups in total. The van der Waals surface area contributed by atoms with E-state index in [-0.39, 0.29) is 29.5 Å². The van der Waals surface area contributed by atoms with Crippen molar-refractivity contribution in [1.82, 2.24) is 9.80 Å². The van der Waals surface area contributed by atoms with Crippen LogP contribution in [-0.4, -0.2) is 65.9 Å². The lowest BCUT2D eigenvalue weighted by atomic mass is 10.0. The Hall–Kier alpha value is -2.22. The summed E-state index contributed by atoms with van der Waals surface area (Å²) < 4.78 is 10.8. The van der Waals surface area contributed by atoms with Crippen molar-refractivity contribution in [3.8, 4) is 11.5 Å². The lowest BCUT2D eigenvalue weighted by Gasteiger charge is -2.27. The SMILES string of the molecule is COc1ccc([C@@H]2CCCN2C(=O)C[C@@H]2SC3=NCCN3C2=O)c(OC)c1. The maximum atomic E-state index is 13.0. The Morgan fingerprint density at radius 2 is 2.15 bits per heavy atom. The number of nitrogens with zero attached hydrogens (tertiary/aromatic N) is 3. The van der Waals surface area contributed by atoms with Crippen molar-refractivity contribution in [2.75, 3.05) is 33.9 Å². The first kappa shape index (κ1) is 18.2. The number of amides is 2. The third kappa shape index (κ3) is 3.26. The minimum Gasteiger partial charge on any atom is -0.497 e. The van der Waals surface area contributed by atoms with Gasteiger partial charge in [-0.05, 0) is 25.0 Å². The molecule has 3 heterocycles. The largest absolute Gasteiger partial charge is 0.497 e. The van der Waals surface area contributed by atoms with Gasteiger partial charge < -0.3 is 14.4 Å². The number of hydrogen-bond acceptors (Lipinski definition) is 6. The molecule has 0 aliphatic carbocycles. The Labute approximate surface area is 162 Å². The summed E-state index contributed by atoms with van der Waals surface area (Å²) in [6, 6.07) is 5.67. The molecule has 0 radical (unpaired) electrons. The summed E-state index contributed by atoms with van der Waals surface area (Å²) in [5.41, 5.74) is 0.986. The number of carbonyl (C=O) groups is 2. The average molecular weight is 389 g/mol. The Morgan fingerprint density at radius 3 is 2.89 bits per heavy atom. The van der Waals surface area contributed by atoms with E-state index in [1.54, 1.807) is 19.1 Å². The van der Waals surface area contributed by atoms with Gasteiger partial charge in [-0.2, -0.15) is 0 Å². The monoisotopic (exact) mass is 389 g/mol. The summed E-state index contributed by atoms with van der Waals surface area (Å²) >= 11 is 1.42. The van der Waals surface area contributed by atoms with Crippen LogP contribution in [0.5, 0.6) is 11.5 Å². The maximum absolute atomic E-state index is 13.0. The highest BCUT2D eigenvalue weighted by Gasteiger charge is 2.42. The number of hydrogen-bond donors (Lipinski definition) is 0. The van der Waals surface area contributed by atoms with Gasteiger partial charge in [0.15, 0.2) is 5.17 Å². The van der Waals surface area contributed by atoms with E-state index in [9.17, 15) is 9.59 Å². The third-order valence-electron chi connectivity index (χ3n) is 5.32. The molecule has 1 aromatic carbocycles. The van der Waals surface area contributed by atoms with Crippen molar-refractivity contribution in [3.05, 3.63) is 23.8 Å². The lowest BCUT2D eigenvalue weighted by molar-refractivity contribution is -0.135. The smallest absolute Gasteiger partial charge is 0.242 e. The summed E-state index contributed by atoms with van der Waals surface area (Å²) in [6.07, 6.45) is 2.04. The summed E-state index contributed by atoms with van der Waals surface area (Å²) in [4.78, 5) is 33.4. The third-order valence-corrected chi connectivity index (χ3v) is 6.54. The van der Waals surface area contributed by atoms with Crippen LogP contribution in [0.3, 0.4) is 0 Å². The van der Waals surface area contributed by atoms with Gasteiger partial charge >= 0.3 is 0 Å². The summed E-state index contributed by atoms with van der Waals surface area (Å²) in [5.74, 6) is 1.48. The van der Waals surface area contributed by atoms with Gasteiger partial charge in [-0.15, -0.1) is 0 Å². The van der Waals surface area contributed by atoms with Crippen molar-refractivity contribution >= 4 is 28.7 Å². The number of benzene rings is 1. The quantitative estimate of drug-likeness (QED) is 0.771. The van der Waals surface area contributed by atoms with E-state index in [1.807, 2.05) is 23.1 Å².